The second kappa shape index (κ2) is 6.57. The molecule has 0 aliphatic carbocycles. The fourth-order valence-electron chi connectivity index (χ4n) is 2.94. The van der Waals surface area contributed by atoms with Gasteiger partial charge in [-0.3, -0.25) is 0 Å². The number of hydrogen-bond donors (Lipinski definition) is 0. The molecule has 0 aromatic carbocycles. The first-order valence-electron chi connectivity index (χ1n) is 8.04. The van der Waals surface area contributed by atoms with Crippen molar-refractivity contribution < 1.29 is 0 Å². The maximum atomic E-state index is 4.80. The lowest BCUT2D eigenvalue weighted by molar-refractivity contribution is 0.270. The molecule has 0 N–H and O–H groups in total. The van der Waals surface area contributed by atoms with Crippen LogP contribution >= 0.6 is 15.9 Å². The van der Waals surface area contributed by atoms with Gasteiger partial charge in [0.1, 0.15) is 5.82 Å². The van der Waals surface area contributed by atoms with Crippen LogP contribution in [0.1, 0.15) is 24.0 Å². The van der Waals surface area contributed by atoms with Crippen molar-refractivity contribution in [1.29, 1.82) is 0 Å². The number of halogens is 1. The highest BCUT2D eigenvalue weighted by atomic mass is 79.9. The summed E-state index contributed by atoms with van der Waals surface area (Å²) in [5.41, 5.74) is 2.96. The first-order chi connectivity index (χ1) is 11.0. The monoisotopic (exact) mass is 378 g/mol. The van der Waals surface area contributed by atoms with E-state index in [2.05, 4.69) is 42.7 Å². The Morgan fingerprint density at radius 3 is 2.35 bits per heavy atom. The zero-order chi connectivity index (χ0) is 16.6. The van der Waals surface area contributed by atoms with Crippen molar-refractivity contribution in [2.45, 2.75) is 27.7 Å². The van der Waals surface area contributed by atoms with Crippen molar-refractivity contribution in [3.63, 3.8) is 0 Å². The van der Waals surface area contributed by atoms with E-state index in [4.69, 9.17) is 4.98 Å². The second-order valence-corrected chi connectivity index (χ2v) is 6.80. The molecule has 1 aliphatic rings. The minimum atomic E-state index is 0.643. The number of nitrogens with zero attached hydrogens (tertiary/aromatic N) is 6. The molecule has 0 unspecified atom stereocenters. The number of likely N-dealkylation sites (N-methyl/N-ethyl adjacent to an activating group) is 1. The molecule has 3 heterocycles. The molecule has 0 saturated carbocycles. The van der Waals surface area contributed by atoms with Crippen LogP contribution in [0.3, 0.4) is 0 Å². The van der Waals surface area contributed by atoms with Crippen LogP contribution in [0.15, 0.2) is 10.5 Å². The highest BCUT2D eigenvalue weighted by molar-refractivity contribution is 9.10. The van der Waals surface area contributed by atoms with Crippen molar-refractivity contribution >= 4 is 21.7 Å². The smallest absolute Gasteiger partial charge is 0.253 e. The Morgan fingerprint density at radius 1 is 1.09 bits per heavy atom. The van der Waals surface area contributed by atoms with Crippen molar-refractivity contribution in [3.8, 4) is 5.95 Å². The fraction of sp³-hybridized carbons (Fsp3) is 0.562. The molecule has 124 valence electrons. The van der Waals surface area contributed by atoms with Crippen LogP contribution in [0.4, 0.5) is 5.82 Å². The SMILES string of the molecule is CCN1CCN(c2nc(-n3nc(C)cc3C)nc(C)c2Br)CC1. The van der Waals surface area contributed by atoms with Crippen LogP contribution in [-0.4, -0.2) is 57.4 Å². The minimum Gasteiger partial charge on any atom is -0.353 e. The lowest BCUT2D eigenvalue weighted by Crippen LogP contribution is -2.46. The van der Waals surface area contributed by atoms with E-state index in [0.29, 0.717) is 5.95 Å². The van der Waals surface area contributed by atoms with E-state index in [1.54, 1.807) is 0 Å². The van der Waals surface area contributed by atoms with Gasteiger partial charge in [0.25, 0.3) is 5.95 Å². The number of aromatic nitrogens is 4. The molecule has 23 heavy (non-hydrogen) atoms. The molecule has 0 spiro atoms. The van der Waals surface area contributed by atoms with E-state index in [1.165, 1.54) is 0 Å². The quantitative estimate of drug-likeness (QED) is 0.820. The van der Waals surface area contributed by atoms with Gasteiger partial charge in [-0.05, 0) is 49.3 Å². The molecule has 7 heteroatoms. The third-order valence-corrected chi connectivity index (χ3v) is 5.23. The molecule has 3 rings (SSSR count). The summed E-state index contributed by atoms with van der Waals surface area (Å²) in [6.45, 7) is 13.4. The zero-order valence-electron chi connectivity index (χ0n) is 14.2. The summed E-state index contributed by atoms with van der Waals surface area (Å²) in [5, 5.41) is 4.51. The second-order valence-electron chi connectivity index (χ2n) is 6.01. The zero-order valence-corrected chi connectivity index (χ0v) is 15.8. The van der Waals surface area contributed by atoms with Crippen LogP contribution < -0.4 is 4.90 Å². The minimum absolute atomic E-state index is 0.643. The summed E-state index contributed by atoms with van der Waals surface area (Å²) in [6, 6.07) is 2.04. The first-order valence-corrected chi connectivity index (χ1v) is 8.84. The van der Waals surface area contributed by atoms with Crippen molar-refractivity contribution in [2.75, 3.05) is 37.6 Å². The molecule has 6 nitrogen and oxygen atoms in total. The van der Waals surface area contributed by atoms with E-state index in [0.717, 1.165) is 60.1 Å². The number of rotatable bonds is 3. The standard InChI is InChI=1S/C16H23BrN6/c1-5-21-6-8-22(9-7-21)15-14(17)13(4)18-16(19-15)23-12(3)10-11(2)20-23/h10H,5-9H2,1-4H3. The average molecular weight is 379 g/mol. The van der Waals surface area contributed by atoms with E-state index in [1.807, 2.05) is 31.5 Å². The van der Waals surface area contributed by atoms with Gasteiger partial charge in [-0.25, -0.2) is 9.67 Å². The predicted molar refractivity (Wildman–Crippen MR) is 95.4 cm³/mol. The van der Waals surface area contributed by atoms with Crippen molar-refractivity contribution in [2.24, 2.45) is 0 Å². The molecule has 2 aromatic heterocycles. The maximum absolute atomic E-state index is 4.80. The van der Waals surface area contributed by atoms with E-state index in [-0.39, 0.29) is 0 Å². The Balaban J connectivity index is 1.96. The molecule has 1 saturated heterocycles. The molecule has 0 amide bonds. The van der Waals surface area contributed by atoms with Crippen molar-refractivity contribution in [1.82, 2.24) is 24.6 Å². The summed E-state index contributed by atoms with van der Waals surface area (Å²) in [7, 11) is 0. The predicted octanol–water partition coefficient (Wildman–Crippen LogP) is 2.49. The van der Waals surface area contributed by atoms with Crippen LogP contribution in [0.5, 0.6) is 0 Å². The van der Waals surface area contributed by atoms with Gasteiger partial charge in [0.2, 0.25) is 0 Å². The highest BCUT2D eigenvalue weighted by Crippen LogP contribution is 2.28. The van der Waals surface area contributed by atoms with E-state index in [9.17, 15) is 0 Å². The average Bonchev–Trinajstić information content (AvgIpc) is 2.88. The van der Waals surface area contributed by atoms with Crippen LogP contribution in [-0.2, 0) is 0 Å². The normalized spacial score (nSPS) is 16.1. The van der Waals surface area contributed by atoms with Gasteiger partial charge in [-0.2, -0.15) is 10.1 Å². The molecule has 2 aromatic rings. The Hall–Kier alpha value is -1.47. The fourth-order valence-corrected chi connectivity index (χ4v) is 3.37. The summed E-state index contributed by atoms with van der Waals surface area (Å²) >= 11 is 3.67. The molecule has 0 bridgehead atoms. The Labute approximate surface area is 145 Å². The van der Waals surface area contributed by atoms with Crippen LogP contribution in [0.2, 0.25) is 0 Å². The summed E-state index contributed by atoms with van der Waals surface area (Å²) < 4.78 is 2.80. The highest BCUT2D eigenvalue weighted by Gasteiger charge is 2.22. The molecule has 0 atom stereocenters. The third-order valence-electron chi connectivity index (χ3n) is 4.31. The first kappa shape index (κ1) is 16.4. The third kappa shape index (κ3) is 3.26. The van der Waals surface area contributed by atoms with Crippen LogP contribution in [0, 0.1) is 20.8 Å². The topological polar surface area (TPSA) is 50.1 Å². The lowest BCUT2D eigenvalue weighted by atomic mass is 10.3. The van der Waals surface area contributed by atoms with Gasteiger partial charge >= 0.3 is 0 Å². The van der Waals surface area contributed by atoms with Gasteiger partial charge in [0.15, 0.2) is 0 Å². The molecular formula is C16H23BrN6. The molecule has 1 aliphatic heterocycles. The largest absolute Gasteiger partial charge is 0.353 e. The summed E-state index contributed by atoms with van der Waals surface area (Å²) in [4.78, 5) is 14.2. The lowest BCUT2D eigenvalue weighted by Gasteiger charge is -2.35. The van der Waals surface area contributed by atoms with E-state index < -0.39 is 0 Å². The van der Waals surface area contributed by atoms with Gasteiger partial charge in [0, 0.05) is 31.9 Å². The Kier molecular flexibility index (Phi) is 4.68. The summed E-state index contributed by atoms with van der Waals surface area (Å²) in [6.07, 6.45) is 0. The summed E-state index contributed by atoms with van der Waals surface area (Å²) in [5.74, 6) is 1.61. The van der Waals surface area contributed by atoms with Gasteiger partial charge in [-0.1, -0.05) is 6.92 Å². The molecule has 0 radical (unpaired) electrons. The van der Waals surface area contributed by atoms with Crippen molar-refractivity contribution in [3.05, 3.63) is 27.6 Å². The van der Waals surface area contributed by atoms with Gasteiger partial charge < -0.3 is 9.80 Å². The van der Waals surface area contributed by atoms with Crippen LogP contribution in [0.25, 0.3) is 5.95 Å². The number of anilines is 1. The number of piperazine rings is 1. The van der Waals surface area contributed by atoms with Gasteiger partial charge in [-0.15, -0.1) is 0 Å². The molecular weight excluding hydrogens is 356 g/mol. The Morgan fingerprint density at radius 2 is 1.78 bits per heavy atom. The Bertz CT molecular complexity index is 703. The maximum Gasteiger partial charge on any atom is 0.253 e. The van der Waals surface area contributed by atoms with Gasteiger partial charge in [0.05, 0.1) is 15.9 Å². The molecule has 1 fully saturated rings. The number of hydrogen-bond acceptors (Lipinski definition) is 5. The number of aryl methyl sites for hydroxylation is 3. The van der Waals surface area contributed by atoms with E-state index >= 15 is 0 Å².